The third kappa shape index (κ3) is 4.38. The molecule has 2 aliphatic heterocycles. The van der Waals surface area contributed by atoms with Crippen LogP contribution >= 0.6 is 23.5 Å². The first-order chi connectivity index (χ1) is 15.7. The largest absolute Gasteiger partial charge is 0.352 e. The molecule has 0 bridgehead atoms. The van der Waals surface area contributed by atoms with Crippen molar-refractivity contribution >= 4 is 40.8 Å². The first-order valence-corrected chi connectivity index (χ1v) is 12.4. The third-order valence-corrected chi connectivity index (χ3v) is 8.02. The average Bonchev–Trinajstić information content (AvgIpc) is 3.17. The van der Waals surface area contributed by atoms with E-state index in [9.17, 15) is 4.79 Å². The number of fused-ring (bicyclic) bond motifs is 2. The van der Waals surface area contributed by atoms with E-state index >= 15 is 0 Å². The number of hydrogen-bond donors (Lipinski definition) is 1. The van der Waals surface area contributed by atoms with Crippen LogP contribution in [0, 0.1) is 5.92 Å². The SMILES string of the molecule is CC1C=CSC1C1=Nc2cc(C(=O)NCCc3cccnc3)ccc2Sc2ccccc21. The highest BCUT2D eigenvalue weighted by molar-refractivity contribution is 8.03. The molecule has 2 unspecified atom stereocenters. The number of aromatic nitrogens is 1. The quantitative estimate of drug-likeness (QED) is 0.518. The Hall–Kier alpha value is -2.83. The first kappa shape index (κ1) is 21.0. The molecule has 2 atom stereocenters. The molecule has 0 radical (unpaired) electrons. The highest BCUT2D eigenvalue weighted by atomic mass is 32.2. The molecule has 160 valence electrons. The molecule has 0 fully saturated rings. The van der Waals surface area contributed by atoms with Crippen molar-refractivity contribution < 1.29 is 4.79 Å². The maximum atomic E-state index is 12.8. The number of pyridine rings is 1. The van der Waals surface area contributed by atoms with Crippen LogP contribution in [0.25, 0.3) is 0 Å². The van der Waals surface area contributed by atoms with Gasteiger partial charge in [0.15, 0.2) is 0 Å². The number of nitrogens with one attached hydrogen (secondary N) is 1. The highest BCUT2D eigenvalue weighted by Gasteiger charge is 2.29. The maximum Gasteiger partial charge on any atom is 0.251 e. The number of allylic oxidation sites excluding steroid dienone is 1. The van der Waals surface area contributed by atoms with Crippen molar-refractivity contribution in [3.63, 3.8) is 0 Å². The summed E-state index contributed by atoms with van der Waals surface area (Å²) in [4.78, 5) is 24.4. The molecule has 5 rings (SSSR count). The number of benzene rings is 2. The molecule has 0 saturated heterocycles. The highest BCUT2D eigenvalue weighted by Crippen LogP contribution is 2.44. The molecular weight excluding hydrogens is 434 g/mol. The molecule has 0 aliphatic carbocycles. The smallest absolute Gasteiger partial charge is 0.251 e. The Kier molecular flexibility index (Phi) is 6.14. The molecule has 1 amide bonds. The molecule has 3 aromatic rings. The second-order valence-electron chi connectivity index (χ2n) is 7.89. The van der Waals surface area contributed by atoms with Crippen molar-refractivity contribution in [3.05, 3.63) is 95.2 Å². The third-order valence-electron chi connectivity index (χ3n) is 5.62. The predicted molar refractivity (Wildman–Crippen MR) is 133 cm³/mol. The molecule has 32 heavy (non-hydrogen) atoms. The van der Waals surface area contributed by atoms with Gasteiger partial charge >= 0.3 is 0 Å². The van der Waals surface area contributed by atoms with Gasteiger partial charge in [-0.05, 0) is 53.6 Å². The molecule has 1 N–H and O–H groups in total. The van der Waals surface area contributed by atoms with Crippen molar-refractivity contribution in [1.29, 1.82) is 0 Å². The molecule has 0 spiro atoms. The zero-order chi connectivity index (χ0) is 21.9. The minimum atomic E-state index is -0.0783. The summed E-state index contributed by atoms with van der Waals surface area (Å²) in [6.45, 7) is 2.80. The predicted octanol–water partition coefficient (Wildman–Crippen LogP) is 5.90. The van der Waals surface area contributed by atoms with Gasteiger partial charge in [-0.25, -0.2) is 0 Å². The van der Waals surface area contributed by atoms with Crippen LogP contribution in [0.15, 0.2) is 93.3 Å². The van der Waals surface area contributed by atoms with Crippen LogP contribution in [0.3, 0.4) is 0 Å². The van der Waals surface area contributed by atoms with E-state index in [0.717, 1.165) is 28.3 Å². The van der Waals surface area contributed by atoms with Crippen LogP contribution in [0.5, 0.6) is 0 Å². The number of amides is 1. The topological polar surface area (TPSA) is 54.4 Å². The van der Waals surface area contributed by atoms with Crippen LogP contribution < -0.4 is 5.32 Å². The van der Waals surface area contributed by atoms with Gasteiger partial charge in [-0.3, -0.25) is 14.8 Å². The van der Waals surface area contributed by atoms with Gasteiger partial charge in [0.05, 0.1) is 16.6 Å². The first-order valence-electron chi connectivity index (χ1n) is 10.7. The average molecular weight is 458 g/mol. The van der Waals surface area contributed by atoms with Crippen LogP contribution in [-0.4, -0.2) is 28.4 Å². The molecule has 4 nitrogen and oxygen atoms in total. The Morgan fingerprint density at radius 3 is 2.81 bits per heavy atom. The van der Waals surface area contributed by atoms with Gasteiger partial charge in [-0.15, -0.1) is 11.8 Å². The lowest BCUT2D eigenvalue weighted by Crippen LogP contribution is -2.25. The molecule has 1 aromatic heterocycles. The van der Waals surface area contributed by atoms with E-state index < -0.39 is 0 Å². The van der Waals surface area contributed by atoms with E-state index in [-0.39, 0.29) is 11.2 Å². The normalized spacial score (nSPS) is 19.0. The van der Waals surface area contributed by atoms with Gasteiger partial charge in [0.25, 0.3) is 5.91 Å². The van der Waals surface area contributed by atoms with Crippen molar-refractivity contribution in [1.82, 2.24) is 10.3 Å². The van der Waals surface area contributed by atoms with E-state index in [1.807, 2.05) is 48.3 Å². The van der Waals surface area contributed by atoms with Crippen LogP contribution in [-0.2, 0) is 6.42 Å². The van der Waals surface area contributed by atoms with Crippen molar-refractivity contribution in [3.8, 4) is 0 Å². The number of nitrogens with zero attached hydrogens (tertiary/aromatic N) is 2. The van der Waals surface area contributed by atoms with E-state index in [0.29, 0.717) is 18.0 Å². The van der Waals surface area contributed by atoms with E-state index in [1.54, 1.807) is 18.0 Å². The lowest BCUT2D eigenvalue weighted by Gasteiger charge is -2.18. The van der Waals surface area contributed by atoms with Gasteiger partial charge in [-0.1, -0.05) is 49.0 Å². The lowest BCUT2D eigenvalue weighted by atomic mass is 9.98. The van der Waals surface area contributed by atoms with Crippen LogP contribution in [0.4, 0.5) is 5.69 Å². The molecule has 2 aromatic carbocycles. The summed E-state index contributed by atoms with van der Waals surface area (Å²) < 4.78 is 0. The number of hydrogen-bond acceptors (Lipinski definition) is 5. The van der Waals surface area contributed by atoms with Gasteiger partial charge in [0.1, 0.15) is 0 Å². The van der Waals surface area contributed by atoms with Gasteiger partial charge < -0.3 is 5.32 Å². The van der Waals surface area contributed by atoms with E-state index in [2.05, 4.69) is 53.0 Å². The summed E-state index contributed by atoms with van der Waals surface area (Å²) >= 11 is 3.54. The fourth-order valence-corrected chi connectivity index (χ4v) is 6.05. The zero-order valence-corrected chi connectivity index (χ0v) is 19.3. The fourth-order valence-electron chi connectivity index (χ4n) is 3.89. The molecule has 3 heterocycles. The second-order valence-corrected chi connectivity index (χ2v) is 10.0. The number of carbonyl (C=O) groups excluding carboxylic acids is 1. The van der Waals surface area contributed by atoms with Crippen LogP contribution in [0.2, 0.25) is 0 Å². The molecule has 0 saturated carbocycles. The summed E-state index contributed by atoms with van der Waals surface area (Å²) in [5.74, 6) is 0.336. The zero-order valence-electron chi connectivity index (χ0n) is 17.7. The Morgan fingerprint density at radius 2 is 2.00 bits per heavy atom. The Morgan fingerprint density at radius 1 is 1.09 bits per heavy atom. The molecule has 2 aliphatic rings. The van der Waals surface area contributed by atoms with E-state index in [1.165, 1.54) is 10.5 Å². The summed E-state index contributed by atoms with van der Waals surface area (Å²) in [5.41, 5.74) is 4.87. The maximum absolute atomic E-state index is 12.8. The Bertz CT molecular complexity index is 1210. The lowest BCUT2D eigenvalue weighted by molar-refractivity contribution is 0.0954. The van der Waals surface area contributed by atoms with Crippen LogP contribution in [0.1, 0.15) is 28.4 Å². The number of carbonyl (C=O) groups is 1. The summed E-state index contributed by atoms with van der Waals surface area (Å²) in [6.07, 6.45) is 6.58. The number of thioether (sulfide) groups is 1. The Balaban J connectivity index is 1.41. The summed E-state index contributed by atoms with van der Waals surface area (Å²) in [5, 5.41) is 5.47. The minimum absolute atomic E-state index is 0.0783. The second kappa shape index (κ2) is 9.35. The van der Waals surface area contributed by atoms with Crippen molar-refractivity contribution in [2.45, 2.75) is 28.4 Å². The van der Waals surface area contributed by atoms with Crippen molar-refractivity contribution in [2.75, 3.05) is 6.54 Å². The standard InChI is InChI=1S/C26H23N3OS2/c1-17-11-14-31-25(17)24-20-6-2-3-7-22(20)32-23-9-8-19(15-21(23)29-24)26(30)28-13-10-18-5-4-12-27-16-18/h2-9,11-12,14-17,25H,10,13H2,1H3,(H,28,30). The van der Waals surface area contributed by atoms with Gasteiger partial charge in [0, 0.05) is 39.9 Å². The molecule has 6 heteroatoms. The summed E-state index contributed by atoms with van der Waals surface area (Å²) in [6, 6.07) is 18.2. The summed E-state index contributed by atoms with van der Waals surface area (Å²) in [7, 11) is 0. The monoisotopic (exact) mass is 457 g/mol. The number of rotatable bonds is 5. The van der Waals surface area contributed by atoms with Crippen molar-refractivity contribution in [2.24, 2.45) is 10.9 Å². The number of aliphatic imine (C=N–C) groups is 1. The van der Waals surface area contributed by atoms with Gasteiger partial charge in [0.2, 0.25) is 0 Å². The van der Waals surface area contributed by atoms with Gasteiger partial charge in [-0.2, -0.15) is 0 Å². The minimum Gasteiger partial charge on any atom is -0.352 e. The van der Waals surface area contributed by atoms with E-state index in [4.69, 9.17) is 4.99 Å². The fraction of sp³-hybridized carbons (Fsp3) is 0.192. The molecular formula is C26H23N3OS2. The Labute approximate surface area is 196 Å².